The Hall–Kier alpha value is -2.37. The number of aromatic nitrogens is 3. The summed E-state index contributed by atoms with van der Waals surface area (Å²) in [5.74, 6) is 0.837. The van der Waals surface area contributed by atoms with Crippen molar-refractivity contribution < 1.29 is 0 Å². The van der Waals surface area contributed by atoms with Gasteiger partial charge in [0.1, 0.15) is 5.69 Å². The van der Waals surface area contributed by atoms with E-state index in [0.717, 1.165) is 11.3 Å². The number of nitrogens with two attached hydrogens (primary N) is 3. The summed E-state index contributed by atoms with van der Waals surface area (Å²) in [6, 6.07) is 3.64. The number of nitrogens with zero attached hydrogens (tertiary/aromatic N) is 3. The van der Waals surface area contributed by atoms with Crippen LogP contribution in [-0.4, -0.2) is 15.0 Å². The number of hydrogen-bond acceptors (Lipinski definition) is 6. The molecule has 6 N–H and O–H groups in total. The van der Waals surface area contributed by atoms with Crippen LogP contribution in [0.15, 0.2) is 18.3 Å². The highest BCUT2D eigenvalue weighted by Crippen LogP contribution is 2.23. The van der Waals surface area contributed by atoms with Crippen LogP contribution in [-0.2, 0) is 0 Å². The minimum Gasteiger partial charge on any atom is -0.393 e. The summed E-state index contributed by atoms with van der Waals surface area (Å²) < 4.78 is 0. The quantitative estimate of drug-likeness (QED) is 0.642. The van der Waals surface area contributed by atoms with Crippen LogP contribution >= 0.6 is 0 Å². The zero-order valence-electron chi connectivity index (χ0n) is 8.81. The fraction of sp³-hybridized carbons (Fsp3) is 0.100. The lowest BCUT2D eigenvalue weighted by molar-refractivity contribution is 1.16. The zero-order chi connectivity index (χ0) is 11.7. The number of rotatable bonds is 1. The second-order valence-electron chi connectivity index (χ2n) is 3.42. The molecule has 0 radical (unpaired) electrons. The van der Waals surface area contributed by atoms with E-state index in [0.29, 0.717) is 5.82 Å². The third-order valence-electron chi connectivity index (χ3n) is 2.16. The molecule has 0 spiro atoms. The van der Waals surface area contributed by atoms with Crippen molar-refractivity contribution in [1.82, 2.24) is 15.0 Å². The molecule has 6 heteroatoms. The maximum Gasteiger partial charge on any atom is 0.164 e. The van der Waals surface area contributed by atoms with Gasteiger partial charge < -0.3 is 17.2 Å². The van der Waals surface area contributed by atoms with Crippen molar-refractivity contribution in [3.63, 3.8) is 0 Å². The predicted molar refractivity (Wildman–Crippen MR) is 63.2 cm³/mol. The van der Waals surface area contributed by atoms with E-state index < -0.39 is 0 Å². The molecule has 2 aromatic heterocycles. The van der Waals surface area contributed by atoms with E-state index in [1.54, 1.807) is 12.3 Å². The fourth-order valence-corrected chi connectivity index (χ4v) is 1.32. The van der Waals surface area contributed by atoms with Crippen molar-refractivity contribution in [2.75, 3.05) is 17.2 Å². The standard InChI is InChI=1S/C10H12N6/c1-5-4-6(2-3-14-5)10-15-8(12)7(11)9(13)16-10/h2-4H,11H2,1H3,(H4,12,13,15,16). The lowest BCUT2D eigenvalue weighted by atomic mass is 10.2. The van der Waals surface area contributed by atoms with Gasteiger partial charge in [-0.2, -0.15) is 0 Å². The van der Waals surface area contributed by atoms with E-state index in [1.165, 1.54) is 0 Å². The van der Waals surface area contributed by atoms with Crippen molar-refractivity contribution in [2.45, 2.75) is 6.92 Å². The van der Waals surface area contributed by atoms with E-state index in [-0.39, 0.29) is 17.3 Å². The van der Waals surface area contributed by atoms with Gasteiger partial charge in [0.15, 0.2) is 17.5 Å². The monoisotopic (exact) mass is 216 g/mol. The van der Waals surface area contributed by atoms with Crippen LogP contribution in [0, 0.1) is 6.92 Å². The van der Waals surface area contributed by atoms with Crippen LogP contribution < -0.4 is 17.2 Å². The molecule has 2 rings (SSSR count). The van der Waals surface area contributed by atoms with Gasteiger partial charge in [-0.25, -0.2) is 9.97 Å². The molecule has 0 aliphatic heterocycles. The smallest absolute Gasteiger partial charge is 0.164 e. The van der Waals surface area contributed by atoms with Crippen molar-refractivity contribution >= 4 is 17.3 Å². The second-order valence-corrected chi connectivity index (χ2v) is 3.42. The van der Waals surface area contributed by atoms with Crippen molar-refractivity contribution in [1.29, 1.82) is 0 Å². The minimum atomic E-state index is 0.192. The molecule has 0 bridgehead atoms. The summed E-state index contributed by atoms with van der Waals surface area (Å²) in [6.45, 7) is 1.88. The normalized spacial score (nSPS) is 10.3. The van der Waals surface area contributed by atoms with Gasteiger partial charge >= 0.3 is 0 Å². The Balaban J connectivity index is 2.57. The molecule has 0 unspecified atom stereocenters. The third kappa shape index (κ3) is 1.72. The summed E-state index contributed by atoms with van der Waals surface area (Å²) >= 11 is 0. The molecular formula is C10H12N6. The topological polar surface area (TPSA) is 117 Å². The molecule has 0 aromatic carbocycles. The molecule has 0 saturated heterocycles. The molecule has 0 aliphatic carbocycles. The molecule has 0 amide bonds. The number of pyridine rings is 1. The number of nitrogen functional groups attached to an aromatic ring is 3. The van der Waals surface area contributed by atoms with Gasteiger partial charge in [-0.3, -0.25) is 4.98 Å². The SMILES string of the molecule is Cc1cc(-c2nc(N)c(N)c(N)n2)ccn1. The van der Waals surface area contributed by atoms with Gasteiger partial charge in [0.05, 0.1) is 0 Å². The van der Waals surface area contributed by atoms with Crippen LogP contribution in [0.5, 0.6) is 0 Å². The molecular weight excluding hydrogens is 204 g/mol. The lowest BCUT2D eigenvalue weighted by Crippen LogP contribution is -2.06. The van der Waals surface area contributed by atoms with Crippen molar-refractivity contribution in [3.05, 3.63) is 24.0 Å². The Morgan fingerprint density at radius 3 is 2.25 bits per heavy atom. The van der Waals surface area contributed by atoms with Gasteiger partial charge in [0.25, 0.3) is 0 Å². The maximum atomic E-state index is 5.63. The Labute approximate surface area is 92.5 Å². The molecule has 0 atom stereocenters. The molecule has 82 valence electrons. The molecule has 16 heavy (non-hydrogen) atoms. The van der Waals surface area contributed by atoms with Crippen LogP contribution in [0.2, 0.25) is 0 Å². The van der Waals surface area contributed by atoms with Crippen LogP contribution in [0.25, 0.3) is 11.4 Å². The highest BCUT2D eigenvalue weighted by atomic mass is 15.0. The van der Waals surface area contributed by atoms with Crippen LogP contribution in [0.3, 0.4) is 0 Å². The van der Waals surface area contributed by atoms with Gasteiger partial charge in [-0.15, -0.1) is 0 Å². The summed E-state index contributed by atoms with van der Waals surface area (Å²) in [7, 11) is 0. The first-order valence-corrected chi connectivity index (χ1v) is 4.69. The molecule has 0 aliphatic rings. The van der Waals surface area contributed by atoms with E-state index in [9.17, 15) is 0 Å². The van der Waals surface area contributed by atoms with Crippen LogP contribution in [0.1, 0.15) is 5.69 Å². The zero-order valence-corrected chi connectivity index (χ0v) is 8.81. The predicted octanol–water partition coefficient (Wildman–Crippen LogP) is 0.594. The average Bonchev–Trinajstić information content (AvgIpc) is 2.25. The number of hydrogen-bond donors (Lipinski definition) is 3. The Bertz CT molecular complexity index is 514. The van der Waals surface area contributed by atoms with E-state index in [2.05, 4.69) is 15.0 Å². The second kappa shape index (κ2) is 3.65. The van der Waals surface area contributed by atoms with Crippen LogP contribution in [0.4, 0.5) is 17.3 Å². The Morgan fingerprint density at radius 2 is 1.69 bits per heavy atom. The maximum absolute atomic E-state index is 5.63. The average molecular weight is 216 g/mol. The molecule has 2 heterocycles. The van der Waals surface area contributed by atoms with E-state index >= 15 is 0 Å². The third-order valence-corrected chi connectivity index (χ3v) is 2.16. The molecule has 0 fully saturated rings. The molecule has 2 aromatic rings. The summed E-state index contributed by atoms with van der Waals surface area (Å²) in [4.78, 5) is 12.2. The summed E-state index contributed by atoms with van der Waals surface area (Å²) in [5, 5.41) is 0. The fourth-order valence-electron chi connectivity index (χ4n) is 1.32. The van der Waals surface area contributed by atoms with E-state index in [1.807, 2.05) is 13.0 Å². The van der Waals surface area contributed by atoms with Gasteiger partial charge in [-0.1, -0.05) is 0 Å². The Kier molecular flexibility index (Phi) is 2.32. The largest absolute Gasteiger partial charge is 0.393 e. The van der Waals surface area contributed by atoms with Gasteiger partial charge in [-0.05, 0) is 19.1 Å². The molecule has 6 nitrogen and oxygen atoms in total. The van der Waals surface area contributed by atoms with Crippen molar-refractivity contribution in [2.24, 2.45) is 0 Å². The number of aryl methyl sites for hydroxylation is 1. The highest BCUT2D eigenvalue weighted by Gasteiger charge is 2.08. The first-order chi connectivity index (χ1) is 7.58. The van der Waals surface area contributed by atoms with E-state index in [4.69, 9.17) is 17.2 Å². The summed E-state index contributed by atoms with van der Waals surface area (Å²) in [6.07, 6.45) is 1.68. The van der Waals surface area contributed by atoms with Gasteiger partial charge in [0, 0.05) is 17.5 Å². The summed E-state index contributed by atoms with van der Waals surface area (Å²) in [5.41, 5.74) is 18.7. The van der Waals surface area contributed by atoms with Crippen molar-refractivity contribution in [3.8, 4) is 11.4 Å². The highest BCUT2D eigenvalue weighted by molar-refractivity contribution is 5.74. The number of anilines is 3. The first kappa shape index (κ1) is 10.2. The lowest BCUT2D eigenvalue weighted by Gasteiger charge is -2.06. The first-order valence-electron chi connectivity index (χ1n) is 4.69. The van der Waals surface area contributed by atoms with Gasteiger partial charge in [0.2, 0.25) is 0 Å². The minimum absolute atomic E-state index is 0.192. The Morgan fingerprint density at radius 1 is 1.06 bits per heavy atom. The molecule has 0 saturated carbocycles.